The molecule has 0 atom stereocenters. The van der Waals surface area contributed by atoms with Gasteiger partial charge in [-0.15, -0.1) is 0 Å². The molecule has 0 spiro atoms. The molecule has 0 aliphatic heterocycles. The molecule has 1 aromatic heterocycles. The minimum Gasteiger partial charge on any atom is -0.506 e. The first-order valence-corrected chi connectivity index (χ1v) is 5.27. The molecule has 3 heteroatoms. The van der Waals surface area contributed by atoms with Crippen molar-refractivity contribution < 1.29 is 9.90 Å². The third-order valence-corrected chi connectivity index (χ3v) is 2.85. The maximum atomic E-state index is 12.2. The largest absolute Gasteiger partial charge is 0.506 e. The minimum absolute atomic E-state index is 0.0179. The quantitative estimate of drug-likeness (QED) is 0.808. The zero-order valence-corrected chi connectivity index (χ0v) is 8.92. The van der Waals surface area contributed by atoms with E-state index < -0.39 is 0 Å². The van der Waals surface area contributed by atoms with Gasteiger partial charge in [-0.05, 0) is 11.6 Å². The number of aromatic nitrogens is 1. The van der Waals surface area contributed by atoms with Gasteiger partial charge in [0.1, 0.15) is 5.76 Å². The molecular formula is C14H9NO2. The number of pyridine rings is 1. The predicted octanol–water partition coefficient (Wildman–Crippen LogP) is 2.70. The topological polar surface area (TPSA) is 50.2 Å². The van der Waals surface area contributed by atoms with Crippen LogP contribution in [0.3, 0.4) is 0 Å². The van der Waals surface area contributed by atoms with Gasteiger partial charge in [-0.3, -0.25) is 9.78 Å². The van der Waals surface area contributed by atoms with E-state index in [-0.39, 0.29) is 11.5 Å². The van der Waals surface area contributed by atoms with E-state index in [2.05, 4.69) is 4.98 Å². The summed E-state index contributed by atoms with van der Waals surface area (Å²) in [4.78, 5) is 16.1. The molecule has 0 bridgehead atoms. The number of ketones is 1. The SMILES string of the molecule is O=C1C(c2ccccc2)=C(O)c2cnccc21. The summed E-state index contributed by atoms with van der Waals surface area (Å²) in [5.41, 5.74) is 2.10. The summed E-state index contributed by atoms with van der Waals surface area (Å²) in [7, 11) is 0. The Morgan fingerprint density at radius 3 is 2.47 bits per heavy atom. The first kappa shape index (κ1) is 9.78. The summed E-state index contributed by atoms with van der Waals surface area (Å²) < 4.78 is 0. The molecule has 0 unspecified atom stereocenters. The van der Waals surface area contributed by atoms with E-state index >= 15 is 0 Å². The number of allylic oxidation sites excluding steroid dienone is 1. The number of carbonyl (C=O) groups is 1. The number of aliphatic hydroxyl groups is 1. The van der Waals surface area contributed by atoms with Crippen LogP contribution in [0.4, 0.5) is 0 Å². The molecular weight excluding hydrogens is 214 g/mol. The Balaban J connectivity index is 2.22. The van der Waals surface area contributed by atoms with Crippen LogP contribution in [0.5, 0.6) is 0 Å². The molecule has 1 aliphatic carbocycles. The Morgan fingerprint density at radius 1 is 1.00 bits per heavy atom. The maximum Gasteiger partial charge on any atom is 0.198 e. The van der Waals surface area contributed by atoms with Crippen LogP contribution in [0.2, 0.25) is 0 Å². The van der Waals surface area contributed by atoms with Crippen molar-refractivity contribution in [3.8, 4) is 0 Å². The van der Waals surface area contributed by atoms with E-state index in [4.69, 9.17) is 0 Å². The van der Waals surface area contributed by atoms with Crippen LogP contribution in [0, 0.1) is 0 Å². The summed E-state index contributed by atoms with van der Waals surface area (Å²) in [6.45, 7) is 0. The van der Waals surface area contributed by atoms with Crippen LogP contribution < -0.4 is 0 Å². The summed E-state index contributed by atoms with van der Waals surface area (Å²) in [5, 5.41) is 10.1. The fourth-order valence-electron chi connectivity index (χ4n) is 2.03. The van der Waals surface area contributed by atoms with Gasteiger partial charge in [0.05, 0.1) is 5.57 Å². The van der Waals surface area contributed by atoms with Crippen LogP contribution in [-0.2, 0) is 0 Å². The molecule has 0 fully saturated rings. The summed E-state index contributed by atoms with van der Waals surface area (Å²) >= 11 is 0. The zero-order valence-electron chi connectivity index (χ0n) is 8.92. The van der Waals surface area contributed by atoms with E-state index in [0.717, 1.165) is 5.56 Å². The number of nitrogens with zero attached hydrogens (tertiary/aromatic N) is 1. The summed E-state index contributed by atoms with van der Waals surface area (Å²) in [6.07, 6.45) is 3.07. The number of rotatable bonds is 1. The van der Waals surface area contributed by atoms with E-state index in [1.165, 1.54) is 6.20 Å². The van der Waals surface area contributed by atoms with Crippen LogP contribution in [0.15, 0.2) is 48.8 Å². The number of Topliss-reactive ketones (excluding diaryl/α,β-unsaturated/α-hetero) is 1. The third-order valence-electron chi connectivity index (χ3n) is 2.85. The average molecular weight is 223 g/mol. The van der Waals surface area contributed by atoms with Crippen LogP contribution in [-0.4, -0.2) is 15.9 Å². The monoisotopic (exact) mass is 223 g/mol. The van der Waals surface area contributed by atoms with Crippen molar-refractivity contribution in [2.75, 3.05) is 0 Å². The average Bonchev–Trinajstić information content (AvgIpc) is 2.64. The Morgan fingerprint density at radius 2 is 1.76 bits per heavy atom. The van der Waals surface area contributed by atoms with Crippen molar-refractivity contribution in [1.29, 1.82) is 0 Å². The number of hydrogen-bond acceptors (Lipinski definition) is 3. The highest BCUT2D eigenvalue weighted by molar-refractivity contribution is 6.38. The number of benzene rings is 1. The van der Waals surface area contributed by atoms with Gasteiger partial charge in [0.2, 0.25) is 0 Å². The second-order valence-electron chi connectivity index (χ2n) is 3.84. The lowest BCUT2D eigenvalue weighted by atomic mass is 10.0. The Labute approximate surface area is 98.1 Å². The van der Waals surface area contributed by atoms with E-state index in [1.54, 1.807) is 12.3 Å². The van der Waals surface area contributed by atoms with Crippen molar-refractivity contribution in [1.82, 2.24) is 4.98 Å². The highest BCUT2D eigenvalue weighted by Gasteiger charge is 2.30. The summed E-state index contributed by atoms with van der Waals surface area (Å²) in [6, 6.07) is 10.8. The molecule has 2 aromatic rings. The molecule has 1 aromatic carbocycles. The molecule has 82 valence electrons. The highest BCUT2D eigenvalue weighted by atomic mass is 16.3. The minimum atomic E-state index is -0.147. The lowest BCUT2D eigenvalue weighted by Gasteiger charge is -2.00. The highest BCUT2D eigenvalue weighted by Crippen LogP contribution is 2.35. The van der Waals surface area contributed by atoms with Gasteiger partial charge >= 0.3 is 0 Å². The summed E-state index contributed by atoms with van der Waals surface area (Å²) in [5.74, 6) is -0.129. The number of fused-ring (bicyclic) bond motifs is 1. The molecule has 0 radical (unpaired) electrons. The number of aliphatic hydroxyl groups excluding tert-OH is 1. The van der Waals surface area contributed by atoms with Gasteiger partial charge in [0.15, 0.2) is 5.78 Å². The standard InChI is InChI=1S/C14H9NO2/c16-13-10-6-7-15-8-11(10)14(17)12(13)9-4-2-1-3-5-9/h1-8,17H. The van der Waals surface area contributed by atoms with Crippen molar-refractivity contribution in [3.05, 3.63) is 65.5 Å². The van der Waals surface area contributed by atoms with Crippen LogP contribution in [0.1, 0.15) is 21.5 Å². The maximum absolute atomic E-state index is 12.2. The Bertz CT molecular complexity index is 630. The lowest BCUT2D eigenvalue weighted by Crippen LogP contribution is -1.98. The first-order chi connectivity index (χ1) is 8.29. The number of hydrogen-bond donors (Lipinski definition) is 1. The molecule has 17 heavy (non-hydrogen) atoms. The van der Waals surface area contributed by atoms with Gasteiger partial charge in [-0.2, -0.15) is 0 Å². The Kier molecular flexibility index (Phi) is 2.05. The Hall–Kier alpha value is -2.42. The van der Waals surface area contributed by atoms with Crippen molar-refractivity contribution in [2.45, 2.75) is 0 Å². The fourth-order valence-corrected chi connectivity index (χ4v) is 2.03. The molecule has 0 saturated heterocycles. The molecule has 3 rings (SSSR count). The first-order valence-electron chi connectivity index (χ1n) is 5.27. The van der Waals surface area contributed by atoms with Crippen molar-refractivity contribution in [2.24, 2.45) is 0 Å². The van der Waals surface area contributed by atoms with E-state index in [0.29, 0.717) is 16.7 Å². The van der Waals surface area contributed by atoms with E-state index in [1.807, 2.05) is 30.3 Å². The molecule has 1 heterocycles. The van der Waals surface area contributed by atoms with Crippen molar-refractivity contribution >= 4 is 17.1 Å². The van der Waals surface area contributed by atoms with Crippen LogP contribution in [0.25, 0.3) is 11.3 Å². The molecule has 0 saturated carbocycles. The van der Waals surface area contributed by atoms with Gasteiger partial charge < -0.3 is 5.11 Å². The zero-order chi connectivity index (χ0) is 11.8. The molecule has 1 N–H and O–H groups in total. The van der Waals surface area contributed by atoms with Crippen LogP contribution >= 0.6 is 0 Å². The fraction of sp³-hybridized carbons (Fsp3) is 0. The van der Waals surface area contributed by atoms with Gasteiger partial charge in [0, 0.05) is 23.5 Å². The van der Waals surface area contributed by atoms with Gasteiger partial charge in [-0.25, -0.2) is 0 Å². The second-order valence-corrected chi connectivity index (χ2v) is 3.84. The van der Waals surface area contributed by atoms with Crippen molar-refractivity contribution in [3.63, 3.8) is 0 Å². The number of carbonyl (C=O) groups excluding carboxylic acids is 1. The smallest absolute Gasteiger partial charge is 0.198 e. The van der Waals surface area contributed by atoms with Gasteiger partial charge in [0.25, 0.3) is 0 Å². The lowest BCUT2D eigenvalue weighted by molar-refractivity contribution is 0.105. The molecule has 1 aliphatic rings. The van der Waals surface area contributed by atoms with Gasteiger partial charge in [-0.1, -0.05) is 30.3 Å². The predicted molar refractivity (Wildman–Crippen MR) is 64.5 cm³/mol. The molecule has 0 amide bonds. The molecule has 3 nitrogen and oxygen atoms in total. The third kappa shape index (κ3) is 1.36. The second kappa shape index (κ2) is 3.56. The normalized spacial score (nSPS) is 14.0. The van der Waals surface area contributed by atoms with E-state index in [9.17, 15) is 9.90 Å².